The van der Waals surface area contributed by atoms with Crippen molar-refractivity contribution in [3.63, 3.8) is 0 Å². The second-order valence-electron chi connectivity index (χ2n) is 7.25. The highest BCUT2D eigenvalue weighted by Gasteiger charge is 2.33. The van der Waals surface area contributed by atoms with E-state index < -0.39 is 0 Å². The van der Waals surface area contributed by atoms with Crippen LogP contribution in [-0.2, 0) is 6.54 Å². The highest BCUT2D eigenvalue weighted by atomic mass is 35.5. The first kappa shape index (κ1) is 21.4. The van der Waals surface area contributed by atoms with Crippen molar-refractivity contribution < 1.29 is 14.4 Å². The fourth-order valence-corrected chi connectivity index (χ4v) is 4.29. The lowest BCUT2D eigenvalue weighted by molar-refractivity contribution is 0.136. The molecule has 0 aliphatic carbocycles. The number of hydrogen-bond donors (Lipinski definition) is 1. The van der Waals surface area contributed by atoms with Gasteiger partial charge in [0.05, 0.1) is 11.8 Å². The van der Waals surface area contributed by atoms with Crippen LogP contribution >= 0.6 is 23.2 Å². The van der Waals surface area contributed by atoms with Crippen molar-refractivity contribution in [3.05, 3.63) is 69.0 Å². The van der Waals surface area contributed by atoms with E-state index in [9.17, 15) is 14.4 Å². The van der Waals surface area contributed by atoms with E-state index in [0.29, 0.717) is 41.7 Å². The van der Waals surface area contributed by atoms with Gasteiger partial charge in [0, 0.05) is 43.0 Å². The van der Waals surface area contributed by atoms with Gasteiger partial charge < -0.3 is 15.0 Å². The summed E-state index contributed by atoms with van der Waals surface area (Å²) in [6, 6.07) is 9.18. The van der Waals surface area contributed by atoms with Gasteiger partial charge in [-0.2, -0.15) is 0 Å². The molecule has 1 saturated heterocycles. The Labute approximate surface area is 179 Å². The molecule has 1 unspecified atom stereocenters. The number of oxime groups is 1. The fraction of sp³-hybridized carbons (Fsp3) is 0.333. The van der Waals surface area contributed by atoms with Crippen molar-refractivity contribution >= 4 is 34.9 Å². The van der Waals surface area contributed by atoms with Crippen LogP contribution in [0.2, 0.25) is 10.0 Å². The first-order chi connectivity index (χ1) is 13.8. The van der Waals surface area contributed by atoms with E-state index in [0.717, 1.165) is 16.7 Å². The highest BCUT2D eigenvalue weighted by Crippen LogP contribution is 2.33. The predicted molar refractivity (Wildman–Crippen MR) is 112 cm³/mol. The average Bonchev–Trinajstić information content (AvgIpc) is 2.66. The number of aryl methyl sites for hydroxylation is 1. The van der Waals surface area contributed by atoms with Gasteiger partial charge in [-0.05, 0) is 53.9 Å². The summed E-state index contributed by atoms with van der Waals surface area (Å²) in [6.45, 7) is 2.55. The van der Waals surface area contributed by atoms with Gasteiger partial charge in [0.25, 0.3) is 0 Å². The fourth-order valence-electron chi connectivity index (χ4n) is 3.71. The summed E-state index contributed by atoms with van der Waals surface area (Å²) in [5.74, 6) is -0.328. The molecule has 3 rings (SSSR count). The summed E-state index contributed by atoms with van der Waals surface area (Å²) in [7, 11) is 1.71. The maximum atomic E-state index is 13.6. The van der Waals surface area contributed by atoms with Gasteiger partial charge in [-0.1, -0.05) is 34.4 Å². The minimum Gasteiger partial charge on any atom is -0.411 e. The van der Waals surface area contributed by atoms with E-state index in [4.69, 9.17) is 23.2 Å². The zero-order valence-electron chi connectivity index (χ0n) is 16.2. The second kappa shape index (κ2) is 9.01. The molecule has 5 nitrogen and oxygen atoms in total. The Morgan fingerprint density at radius 1 is 1.28 bits per heavy atom. The van der Waals surface area contributed by atoms with Crippen LogP contribution in [0.25, 0.3) is 0 Å². The van der Waals surface area contributed by atoms with Crippen LogP contribution < -0.4 is 0 Å². The van der Waals surface area contributed by atoms with Crippen LogP contribution in [0, 0.1) is 12.7 Å². The SMILES string of the molecule is Cc1cc(F)ccc1C1CC(=NO)CCN1C(=O)N(C)Cc1cc(Cl)cc(Cl)c1. The van der Waals surface area contributed by atoms with Crippen molar-refractivity contribution in [1.29, 1.82) is 0 Å². The molecule has 1 heterocycles. The van der Waals surface area contributed by atoms with Crippen molar-refractivity contribution in [2.45, 2.75) is 32.4 Å². The molecule has 0 spiro atoms. The van der Waals surface area contributed by atoms with Crippen molar-refractivity contribution in [2.24, 2.45) is 5.16 Å². The molecule has 0 radical (unpaired) electrons. The number of rotatable bonds is 3. The third-order valence-electron chi connectivity index (χ3n) is 5.09. The van der Waals surface area contributed by atoms with Crippen LogP contribution in [0.5, 0.6) is 0 Å². The Balaban J connectivity index is 1.86. The van der Waals surface area contributed by atoms with E-state index in [1.165, 1.54) is 12.1 Å². The topological polar surface area (TPSA) is 56.1 Å². The van der Waals surface area contributed by atoms with Crippen LogP contribution in [0.1, 0.15) is 35.6 Å². The molecular formula is C21H22Cl2FN3O2. The summed E-state index contributed by atoms with van der Waals surface area (Å²) in [5, 5.41) is 13.6. The molecular weight excluding hydrogens is 416 g/mol. The Morgan fingerprint density at radius 2 is 1.97 bits per heavy atom. The maximum Gasteiger partial charge on any atom is 0.320 e. The molecule has 0 bridgehead atoms. The number of carbonyl (C=O) groups is 1. The van der Waals surface area contributed by atoms with Gasteiger partial charge in [0.2, 0.25) is 0 Å². The van der Waals surface area contributed by atoms with Crippen LogP contribution in [-0.4, -0.2) is 40.3 Å². The van der Waals surface area contributed by atoms with Crippen LogP contribution in [0.3, 0.4) is 0 Å². The molecule has 1 fully saturated rings. The number of nitrogens with zero attached hydrogens (tertiary/aromatic N) is 3. The first-order valence-corrected chi connectivity index (χ1v) is 9.96. The molecule has 0 saturated carbocycles. The molecule has 29 heavy (non-hydrogen) atoms. The van der Waals surface area contributed by atoms with Gasteiger partial charge in [0.1, 0.15) is 5.82 Å². The highest BCUT2D eigenvalue weighted by molar-refractivity contribution is 6.34. The molecule has 1 aliphatic rings. The van der Waals surface area contributed by atoms with Gasteiger partial charge >= 0.3 is 6.03 Å². The number of urea groups is 1. The number of benzene rings is 2. The number of halogens is 3. The van der Waals surface area contributed by atoms with Crippen LogP contribution in [0.15, 0.2) is 41.6 Å². The summed E-state index contributed by atoms with van der Waals surface area (Å²) >= 11 is 12.1. The third kappa shape index (κ3) is 5.00. The molecule has 2 amide bonds. The second-order valence-corrected chi connectivity index (χ2v) is 8.12. The van der Waals surface area contributed by atoms with Crippen LogP contribution in [0.4, 0.5) is 9.18 Å². The molecule has 1 atom stereocenters. The molecule has 0 aromatic heterocycles. The van der Waals surface area contributed by atoms with Crippen molar-refractivity contribution in [2.75, 3.05) is 13.6 Å². The van der Waals surface area contributed by atoms with Crippen molar-refractivity contribution in [1.82, 2.24) is 9.80 Å². The van der Waals surface area contributed by atoms with Crippen molar-refractivity contribution in [3.8, 4) is 0 Å². The van der Waals surface area contributed by atoms with Gasteiger partial charge in [-0.15, -0.1) is 0 Å². The zero-order chi connectivity index (χ0) is 21.1. The summed E-state index contributed by atoms with van der Waals surface area (Å²) < 4.78 is 13.6. The molecule has 154 valence electrons. The van der Waals surface area contributed by atoms with E-state index in [1.807, 2.05) is 6.92 Å². The lowest BCUT2D eigenvalue weighted by atomic mass is 9.91. The quantitative estimate of drug-likeness (QED) is 0.497. The Kier molecular flexibility index (Phi) is 6.65. The number of likely N-dealkylation sites (tertiary alicyclic amines) is 1. The summed E-state index contributed by atoms with van der Waals surface area (Å²) in [4.78, 5) is 16.6. The van der Waals surface area contributed by atoms with E-state index >= 15 is 0 Å². The molecule has 2 aromatic rings. The first-order valence-electron chi connectivity index (χ1n) is 9.21. The minimum atomic E-state index is -0.340. The molecule has 1 N–H and O–H groups in total. The molecule has 8 heteroatoms. The van der Waals surface area contributed by atoms with E-state index in [1.54, 1.807) is 41.1 Å². The van der Waals surface area contributed by atoms with E-state index in [2.05, 4.69) is 5.16 Å². The number of carbonyl (C=O) groups excluding carboxylic acids is 1. The minimum absolute atomic E-state index is 0.174. The Hall–Kier alpha value is -2.31. The standard InChI is InChI=1S/C21H22Cl2FN3O2/c1-13-7-17(24)3-4-19(13)20-11-18(25-29)5-6-27(20)21(28)26(2)12-14-8-15(22)10-16(23)9-14/h3-4,7-10,20,29H,5-6,11-12H2,1-2H3. The maximum absolute atomic E-state index is 13.6. The van der Waals surface area contributed by atoms with E-state index in [-0.39, 0.29) is 17.9 Å². The summed E-state index contributed by atoms with van der Waals surface area (Å²) in [5.41, 5.74) is 3.02. The molecule has 1 aliphatic heterocycles. The Bertz CT molecular complexity index is 931. The van der Waals surface area contributed by atoms with Gasteiger partial charge in [-0.3, -0.25) is 0 Å². The number of hydrogen-bond acceptors (Lipinski definition) is 3. The third-order valence-corrected chi connectivity index (χ3v) is 5.53. The monoisotopic (exact) mass is 437 g/mol. The average molecular weight is 438 g/mol. The largest absolute Gasteiger partial charge is 0.411 e. The number of piperidine rings is 1. The van der Waals surface area contributed by atoms with Gasteiger partial charge in [0.15, 0.2) is 0 Å². The smallest absolute Gasteiger partial charge is 0.320 e. The lowest BCUT2D eigenvalue weighted by Crippen LogP contribution is -2.47. The Morgan fingerprint density at radius 3 is 2.59 bits per heavy atom. The van der Waals surface area contributed by atoms with Gasteiger partial charge in [-0.25, -0.2) is 9.18 Å². The summed E-state index contributed by atoms with van der Waals surface area (Å²) in [6.07, 6.45) is 0.876. The normalized spacial score (nSPS) is 18.2. The predicted octanol–water partition coefficient (Wildman–Crippen LogP) is 5.66. The molecule has 2 aromatic carbocycles. The lowest BCUT2D eigenvalue weighted by Gasteiger charge is -2.39. The number of amides is 2. The zero-order valence-corrected chi connectivity index (χ0v) is 17.7.